The van der Waals surface area contributed by atoms with Crippen molar-refractivity contribution in [1.29, 1.82) is 0 Å². The topological polar surface area (TPSA) is 66.5 Å². The van der Waals surface area contributed by atoms with Gasteiger partial charge in [-0.2, -0.15) is 0 Å². The number of rotatable bonds is 7. The number of nitrogens with zero attached hydrogens (tertiary/aromatic N) is 1. The Labute approximate surface area is 207 Å². The molecule has 0 unspecified atom stereocenters. The Kier molecular flexibility index (Phi) is 7.03. The predicted octanol–water partition coefficient (Wildman–Crippen LogP) is 6.26. The molecule has 178 valence electrons. The van der Waals surface area contributed by atoms with Crippen LogP contribution in [-0.2, 0) is 16.6 Å². The van der Waals surface area contributed by atoms with E-state index in [0.29, 0.717) is 16.9 Å². The molecule has 35 heavy (non-hydrogen) atoms. The van der Waals surface area contributed by atoms with Crippen molar-refractivity contribution in [2.24, 2.45) is 0 Å². The zero-order valence-corrected chi connectivity index (χ0v) is 20.8. The molecule has 6 heteroatoms. The average Bonchev–Trinajstić information content (AvgIpc) is 2.86. The molecule has 0 spiro atoms. The van der Waals surface area contributed by atoms with Gasteiger partial charge in [-0.05, 0) is 86.0 Å². The largest absolute Gasteiger partial charge is 0.322 e. The first-order valence-electron chi connectivity index (χ1n) is 11.4. The monoisotopic (exact) mass is 484 g/mol. The molecule has 0 heterocycles. The highest BCUT2D eigenvalue weighted by molar-refractivity contribution is 7.92. The second-order valence-electron chi connectivity index (χ2n) is 8.61. The third kappa shape index (κ3) is 5.61. The molecule has 0 fully saturated rings. The van der Waals surface area contributed by atoms with Crippen molar-refractivity contribution in [3.8, 4) is 0 Å². The van der Waals surface area contributed by atoms with Gasteiger partial charge in [0.25, 0.3) is 15.9 Å². The lowest BCUT2D eigenvalue weighted by Gasteiger charge is -2.25. The molecule has 0 atom stereocenters. The summed E-state index contributed by atoms with van der Waals surface area (Å²) >= 11 is 0. The Morgan fingerprint density at radius 2 is 1.43 bits per heavy atom. The minimum absolute atomic E-state index is 0.159. The quantitative estimate of drug-likeness (QED) is 0.337. The van der Waals surface area contributed by atoms with E-state index in [9.17, 15) is 13.2 Å². The van der Waals surface area contributed by atoms with Crippen LogP contribution in [0.2, 0.25) is 0 Å². The number of carbonyl (C=O) groups is 1. The van der Waals surface area contributed by atoms with E-state index in [-0.39, 0.29) is 17.3 Å². The molecule has 5 nitrogen and oxygen atoms in total. The van der Waals surface area contributed by atoms with E-state index >= 15 is 0 Å². The number of anilines is 2. The fourth-order valence-corrected chi connectivity index (χ4v) is 5.15. The maximum absolute atomic E-state index is 13.6. The third-order valence-corrected chi connectivity index (χ3v) is 7.75. The van der Waals surface area contributed by atoms with Gasteiger partial charge < -0.3 is 5.32 Å². The summed E-state index contributed by atoms with van der Waals surface area (Å²) in [5.41, 5.74) is 5.83. The van der Waals surface area contributed by atoms with Crippen LogP contribution in [0.3, 0.4) is 0 Å². The molecule has 1 N–H and O–H groups in total. The van der Waals surface area contributed by atoms with Crippen LogP contribution in [0, 0.1) is 20.8 Å². The Balaban J connectivity index is 1.60. The number of hydrogen-bond acceptors (Lipinski definition) is 3. The van der Waals surface area contributed by atoms with Crippen LogP contribution < -0.4 is 9.62 Å². The highest BCUT2D eigenvalue weighted by atomic mass is 32.2. The van der Waals surface area contributed by atoms with Crippen LogP contribution in [0.5, 0.6) is 0 Å². The lowest BCUT2D eigenvalue weighted by molar-refractivity contribution is 0.102. The summed E-state index contributed by atoms with van der Waals surface area (Å²) in [5, 5.41) is 2.89. The Bertz CT molecular complexity index is 1430. The molecule has 0 aliphatic rings. The maximum atomic E-state index is 13.6. The molecule has 4 aromatic rings. The number of nitrogens with one attached hydrogen (secondary N) is 1. The second-order valence-corrected chi connectivity index (χ2v) is 10.5. The van der Waals surface area contributed by atoms with Gasteiger partial charge in [-0.1, -0.05) is 54.1 Å². The normalized spacial score (nSPS) is 11.2. The van der Waals surface area contributed by atoms with Crippen molar-refractivity contribution in [2.75, 3.05) is 9.62 Å². The summed E-state index contributed by atoms with van der Waals surface area (Å²) in [6, 6.07) is 28.7. The second kappa shape index (κ2) is 10.2. The maximum Gasteiger partial charge on any atom is 0.264 e. The number of carbonyl (C=O) groups excluding carboxylic acids is 1. The molecule has 0 saturated carbocycles. The summed E-state index contributed by atoms with van der Waals surface area (Å²) < 4.78 is 28.6. The zero-order valence-electron chi connectivity index (χ0n) is 20.0. The van der Waals surface area contributed by atoms with Crippen molar-refractivity contribution in [3.05, 3.63) is 125 Å². The van der Waals surface area contributed by atoms with Gasteiger partial charge in [-0.15, -0.1) is 0 Å². The summed E-state index contributed by atoms with van der Waals surface area (Å²) in [6.07, 6.45) is 0. The molecule has 4 rings (SSSR count). The Morgan fingerprint density at radius 1 is 0.771 bits per heavy atom. The minimum atomic E-state index is -3.79. The highest BCUT2D eigenvalue weighted by Gasteiger charge is 2.25. The molecule has 0 saturated heterocycles. The fourth-order valence-electron chi connectivity index (χ4n) is 3.68. The number of benzene rings is 4. The van der Waals surface area contributed by atoms with Crippen LogP contribution in [0.4, 0.5) is 11.4 Å². The first kappa shape index (κ1) is 24.2. The van der Waals surface area contributed by atoms with Crippen molar-refractivity contribution in [2.45, 2.75) is 32.2 Å². The first-order chi connectivity index (χ1) is 16.7. The van der Waals surface area contributed by atoms with Crippen LogP contribution in [0.25, 0.3) is 0 Å². The first-order valence-corrected chi connectivity index (χ1v) is 12.8. The van der Waals surface area contributed by atoms with Gasteiger partial charge in [0.1, 0.15) is 0 Å². The van der Waals surface area contributed by atoms with Gasteiger partial charge in [0.15, 0.2) is 0 Å². The standard InChI is InChI=1S/C29H28N2O3S/c1-21-9-14-25(15-10-21)29(32)30-26-16-12-24(13-17-26)20-31(27-18-11-22(2)23(3)19-27)35(33,34)28-7-5-4-6-8-28/h4-19H,20H2,1-3H3,(H,30,32). The highest BCUT2D eigenvalue weighted by Crippen LogP contribution is 2.28. The molecule has 1 amide bonds. The minimum Gasteiger partial charge on any atom is -0.322 e. The van der Waals surface area contributed by atoms with Gasteiger partial charge >= 0.3 is 0 Å². The predicted molar refractivity (Wildman–Crippen MR) is 141 cm³/mol. The molecule has 0 aliphatic heterocycles. The van der Waals surface area contributed by atoms with Crippen molar-refractivity contribution >= 4 is 27.3 Å². The fraction of sp³-hybridized carbons (Fsp3) is 0.138. The zero-order chi connectivity index (χ0) is 25.0. The molecule has 4 aromatic carbocycles. The smallest absolute Gasteiger partial charge is 0.264 e. The number of sulfonamides is 1. The van der Waals surface area contributed by atoms with Gasteiger partial charge in [0, 0.05) is 11.3 Å². The molecule has 0 radical (unpaired) electrons. The summed E-state index contributed by atoms with van der Waals surface area (Å²) in [4.78, 5) is 12.8. The lowest BCUT2D eigenvalue weighted by atomic mass is 10.1. The summed E-state index contributed by atoms with van der Waals surface area (Å²) in [5.74, 6) is -0.193. The lowest BCUT2D eigenvalue weighted by Crippen LogP contribution is -2.30. The van der Waals surface area contributed by atoms with Crippen molar-refractivity contribution < 1.29 is 13.2 Å². The van der Waals surface area contributed by atoms with Crippen molar-refractivity contribution in [1.82, 2.24) is 0 Å². The molecular formula is C29H28N2O3S. The van der Waals surface area contributed by atoms with Crippen LogP contribution in [0.1, 0.15) is 32.6 Å². The average molecular weight is 485 g/mol. The van der Waals surface area contributed by atoms with E-state index in [2.05, 4.69) is 5.32 Å². The Hall–Kier alpha value is -3.90. The summed E-state index contributed by atoms with van der Waals surface area (Å²) in [6.45, 7) is 6.10. The van der Waals surface area contributed by atoms with Crippen LogP contribution in [0.15, 0.2) is 102 Å². The molecule has 0 aromatic heterocycles. The van der Waals surface area contributed by atoms with E-state index < -0.39 is 10.0 Å². The van der Waals surface area contributed by atoms with Gasteiger partial charge in [-0.3, -0.25) is 9.10 Å². The SMILES string of the molecule is Cc1ccc(C(=O)Nc2ccc(CN(c3ccc(C)c(C)c3)S(=O)(=O)c3ccccc3)cc2)cc1. The molecular weight excluding hydrogens is 456 g/mol. The number of amides is 1. The van der Waals surface area contributed by atoms with E-state index in [1.54, 1.807) is 54.6 Å². The third-order valence-electron chi connectivity index (χ3n) is 5.96. The van der Waals surface area contributed by atoms with Crippen molar-refractivity contribution in [3.63, 3.8) is 0 Å². The van der Waals surface area contributed by atoms with E-state index in [0.717, 1.165) is 22.3 Å². The van der Waals surface area contributed by atoms with Gasteiger partial charge in [0.2, 0.25) is 0 Å². The van der Waals surface area contributed by atoms with E-state index in [1.165, 1.54) is 4.31 Å². The number of hydrogen-bond donors (Lipinski definition) is 1. The van der Waals surface area contributed by atoms with E-state index in [1.807, 2.05) is 63.2 Å². The Morgan fingerprint density at radius 3 is 2.06 bits per heavy atom. The van der Waals surface area contributed by atoms with Gasteiger partial charge in [0.05, 0.1) is 17.1 Å². The summed E-state index contributed by atoms with van der Waals surface area (Å²) in [7, 11) is -3.79. The van der Waals surface area contributed by atoms with Crippen LogP contribution >= 0.6 is 0 Å². The molecule has 0 bridgehead atoms. The molecule has 0 aliphatic carbocycles. The van der Waals surface area contributed by atoms with Gasteiger partial charge in [-0.25, -0.2) is 8.42 Å². The van der Waals surface area contributed by atoms with E-state index in [4.69, 9.17) is 0 Å². The van der Waals surface area contributed by atoms with Crippen LogP contribution in [-0.4, -0.2) is 14.3 Å². The number of aryl methyl sites for hydroxylation is 3.